The Hall–Kier alpha value is -6.32. The van der Waals surface area contributed by atoms with Crippen molar-refractivity contribution < 1.29 is 0 Å². The van der Waals surface area contributed by atoms with E-state index in [1.165, 1.54) is 49.6 Å². The van der Waals surface area contributed by atoms with E-state index in [2.05, 4.69) is 182 Å². The van der Waals surface area contributed by atoms with E-state index in [1.54, 1.807) is 0 Å². The van der Waals surface area contributed by atoms with E-state index < -0.39 is 0 Å². The molecule has 2 heterocycles. The molecule has 236 valence electrons. The third-order valence-corrected chi connectivity index (χ3v) is 10.6. The van der Waals surface area contributed by atoms with Crippen molar-refractivity contribution in [3.05, 3.63) is 175 Å². The van der Waals surface area contributed by atoms with Gasteiger partial charge < -0.3 is 4.57 Å². The van der Waals surface area contributed by atoms with Crippen molar-refractivity contribution in [2.75, 3.05) is 0 Å². The zero-order chi connectivity index (χ0) is 33.4. The number of fused-ring (bicyclic) bond motifs is 8. The van der Waals surface area contributed by atoms with Crippen molar-refractivity contribution >= 4 is 32.7 Å². The lowest BCUT2D eigenvalue weighted by Crippen LogP contribution is -2.14. The molecule has 1 aliphatic carbocycles. The Bertz CT molecular complexity index is 2770. The van der Waals surface area contributed by atoms with Gasteiger partial charge in [-0.15, -0.1) is 0 Å². The summed E-state index contributed by atoms with van der Waals surface area (Å²) in [7, 11) is 0. The molecule has 0 spiro atoms. The Balaban J connectivity index is 1.20. The van der Waals surface area contributed by atoms with Gasteiger partial charge >= 0.3 is 0 Å². The molecule has 0 amide bonds. The van der Waals surface area contributed by atoms with E-state index in [0.29, 0.717) is 0 Å². The maximum atomic E-state index is 5.42. The predicted octanol–water partition coefficient (Wildman–Crippen LogP) is 12.0. The molecule has 3 heteroatoms. The topological polar surface area (TPSA) is 30.7 Å². The minimum absolute atomic E-state index is 0.105. The van der Waals surface area contributed by atoms with Crippen molar-refractivity contribution in [1.82, 2.24) is 14.5 Å². The second kappa shape index (κ2) is 10.8. The van der Waals surface area contributed by atoms with Crippen LogP contribution in [0.4, 0.5) is 0 Å². The Morgan fingerprint density at radius 1 is 0.480 bits per heavy atom. The van der Waals surface area contributed by atoms with Crippen LogP contribution in [-0.2, 0) is 5.41 Å². The summed E-state index contributed by atoms with van der Waals surface area (Å²) in [6.45, 7) is 4.65. The first-order valence-corrected chi connectivity index (χ1v) is 17.3. The number of hydrogen-bond donors (Lipinski definition) is 0. The molecule has 0 fully saturated rings. The molecule has 0 atom stereocenters. The Labute approximate surface area is 291 Å². The minimum atomic E-state index is -0.105. The summed E-state index contributed by atoms with van der Waals surface area (Å²) >= 11 is 0. The maximum absolute atomic E-state index is 5.42. The highest BCUT2D eigenvalue weighted by atomic mass is 15.0. The summed E-state index contributed by atoms with van der Waals surface area (Å²) in [6, 6.07) is 58.6. The summed E-state index contributed by atoms with van der Waals surface area (Å²) in [5.74, 6) is 0.725. The molecule has 0 saturated heterocycles. The van der Waals surface area contributed by atoms with Gasteiger partial charge in [0.05, 0.1) is 22.2 Å². The Morgan fingerprint density at radius 3 is 2.00 bits per heavy atom. The minimum Gasteiger partial charge on any atom is -0.309 e. The lowest BCUT2D eigenvalue weighted by Gasteiger charge is -2.21. The van der Waals surface area contributed by atoms with E-state index in [4.69, 9.17) is 9.97 Å². The van der Waals surface area contributed by atoms with Crippen LogP contribution in [0.25, 0.3) is 83.3 Å². The SMILES string of the molecule is CC1(C)c2ccccc2-c2c1ccc1nc(-c3cccc(-c4cccc5c4c4ccccc4n5-c4ccccc4)c3)nc(-c3ccccc3)c21. The molecule has 0 radical (unpaired) electrons. The van der Waals surface area contributed by atoms with Crippen molar-refractivity contribution in [2.45, 2.75) is 19.3 Å². The Kier molecular flexibility index (Phi) is 6.22. The first-order chi connectivity index (χ1) is 24.6. The monoisotopic (exact) mass is 639 g/mol. The molecular formula is C47H33N3. The fourth-order valence-electron chi connectivity index (χ4n) is 8.29. The van der Waals surface area contributed by atoms with Crippen LogP contribution in [0.5, 0.6) is 0 Å². The van der Waals surface area contributed by atoms with Crippen molar-refractivity contribution in [2.24, 2.45) is 0 Å². The molecule has 0 N–H and O–H groups in total. The molecule has 9 aromatic rings. The summed E-state index contributed by atoms with van der Waals surface area (Å²) in [4.78, 5) is 10.7. The van der Waals surface area contributed by atoms with E-state index >= 15 is 0 Å². The molecular weight excluding hydrogens is 607 g/mol. The van der Waals surface area contributed by atoms with Crippen LogP contribution < -0.4 is 0 Å². The molecule has 0 unspecified atom stereocenters. The summed E-state index contributed by atoms with van der Waals surface area (Å²) in [6.07, 6.45) is 0. The lowest BCUT2D eigenvalue weighted by molar-refractivity contribution is 0.661. The maximum Gasteiger partial charge on any atom is 0.160 e. The number of benzene rings is 7. The fraction of sp³-hybridized carbons (Fsp3) is 0.0638. The third kappa shape index (κ3) is 4.17. The van der Waals surface area contributed by atoms with E-state index in [0.717, 1.165) is 44.8 Å². The largest absolute Gasteiger partial charge is 0.309 e. The first kappa shape index (κ1) is 28.7. The normalized spacial score (nSPS) is 13.2. The Morgan fingerprint density at radius 2 is 1.14 bits per heavy atom. The van der Waals surface area contributed by atoms with Gasteiger partial charge in [-0.3, -0.25) is 0 Å². The number of aromatic nitrogens is 3. The second-order valence-corrected chi connectivity index (χ2v) is 13.8. The average molecular weight is 640 g/mol. The third-order valence-electron chi connectivity index (χ3n) is 10.6. The zero-order valence-corrected chi connectivity index (χ0v) is 27.9. The molecule has 0 saturated carbocycles. The fourth-order valence-corrected chi connectivity index (χ4v) is 8.29. The van der Waals surface area contributed by atoms with Crippen LogP contribution in [0, 0.1) is 0 Å². The number of rotatable bonds is 4. The smallest absolute Gasteiger partial charge is 0.160 e. The standard InChI is InChI=1S/C47H33N3/c1-47(2)37-24-11-9-21-35(37)43-38(47)27-28-39-44(43)45(30-15-5-3-6-16-30)49-46(48-39)32-18-13-17-31(29-32)34-23-14-26-41-42(34)36-22-10-12-25-40(36)50(41)33-19-7-4-8-20-33/h3-29H,1-2H3. The van der Waals surface area contributed by atoms with Crippen LogP contribution in [-0.4, -0.2) is 14.5 Å². The van der Waals surface area contributed by atoms with E-state index in [9.17, 15) is 0 Å². The summed E-state index contributed by atoms with van der Waals surface area (Å²) < 4.78 is 2.37. The van der Waals surface area contributed by atoms with Crippen LogP contribution in [0.1, 0.15) is 25.0 Å². The molecule has 10 rings (SSSR count). The van der Waals surface area contributed by atoms with Gasteiger partial charge in [-0.2, -0.15) is 0 Å². The molecule has 7 aromatic carbocycles. The highest BCUT2D eigenvalue weighted by molar-refractivity contribution is 6.16. The van der Waals surface area contributed by atoms with Crippen LogP contribution >= 0.6 is 0 Å². The van der Waals surface area contributed by atoms with Crippen molar-refractivity contribution in [3.8, 4) is 50.6 Å². The first-order valence-electron chi connectivity index (χ1n) is 17.3. The van der Waals surface area contributed by atoms with Gasteiger partial charge in [-0.05, 0) is 69.8 Å². The van der Waals surface area contributed by atoms with Gasteiger partial charge in [0.25, 0.3) is 0 Å². The number of nitrogens with zero attached hydrogens (tertiary/aromatic N) is 3. The number of hydrogen-bond acceptors (Lipinski definition) is 2. The van der Waals surface area contributed by atoms with Crippen LogP contribution in [0.2, 0.25) is 0 Å². The highest BCUT2D eigenvalue weighted by Crippen LogP contribution is 2.52. The van der Waals surface area contributed by atoms with Crippen LogP contribution in [0.3, 0.4) is 0 Å². The van der Waals surface area contributed by atoms with Gasteiger partial charge in [0.1, 0.15) is 0 Å². The average Bonchev–Trinajstić information content (AvgIpc) is 3.64. The summed E-state index contributed by atoms with van der Waals surface area (Å²) in [5.41, 5.74) is 15.0. The number of para-hydroxylation sites is 2. The van der Waals surface area contributed by atoms with Gasteiger partial charge in [0.15, 0.2) is 5.82 Å². The van der Waals surface area contributed by atoms with Crippen molar-refractivity contribution in [3.63, 3.8) is 0 Å². The summed E-state index contributed by atoms with van der Waals surface area (Å²) in [5, 5.41) is 3.59. The van der Waals surface area contributed by atoms with Crippen molar-refractivity contribution in [1.29, 1.82) is 0 Å². The quantitative estimate of drug-likeness (QED) is 0.192. The van der Waals surface area contributed by atoms with E-state index in [-0.39, 0.29) is 5.41 Å². The molecule has 50 heavy (non-hydrogen) atoms. The molecule has 3 nitrogen and oxygen atoms in total. The molecule has 1 aliphatic rings. The second-order valence-electron chi connectivity index (χ2n) is 13.8. The predicted molar refractivity (Wildman–Crippen MR) is 208 cm³/mol. The van der Waals surface area contributed by atoms with Gasteiger partial charge in [0, 0.05) is 38.4 Å². The molecule has 2 aromatic heterocycles. The molecule has 0 bridgehead atoms. The van der Waals surface area contributed by atoms with Gasteiger partial charge in [-0.1, -0.05) is 141 Å². The highest BCUT2D eigenvalue weighted by Gasteiger charge is 2.37. The van der Waals surface area contributed by atoms with Gasteiger partial charge in [0.2, 0.25) is 0 Å². The molecule has 0 aliphatic heterocycles. The van der Waals surface area contributed by atoms with E-state index in [1.807, 2.05) is 0 Å². The van der Waals surface area contributed by atoms with Crippen LogP contribution in [0.15, 0.2) is 164 Å². The van der Waals surface area contributed by atoms with Gasteiger partial charge in [-0.25, -0.2) is 9.97 Å². The lowest BCUT2D eigenvalue weighted by atomic mass is 9.82. The zero-order valence-electron chi connectivity index (χ0n) is 27.9.